The summed E-state index contributed by atoms with van der Waals surface area (Å²) in [6.07, 6.45) is 1.20. The number of nitrogens with zero attached hydrogens (tertiary/aromatic N) is 1. The van der Waals surface area contributed by atoms with Crippen LogP contribution in [0.25, 0.3) is 0 Å². The average Bonchev–Trinajstić information content (AvgIpc) is 2.30. The van der Waals surface area contributed by atoms with Crippen LogP contribution in [0, 0.1) is 0 Å². The fourth-order valence-electron chi connectivity index (χ4n) is 2.70. The van der Waals surface area contributed by atoms with Crippen LogP contribution >= 0.6 is 11.8 Å². The van der Waals surface area contributed by atoms with E-state index in [0.717, 1.165) is 0 Å². The van der Waals surface area contributed by atoms with Crippen LogP contribution < -0.4 is 0 Å². The number of rotatable bonds is 3. The van der Waals surface area contributed by atoms with Gasteiger partial charge in [0.2, 0.25) is 0 Å². The Labute approximate surface area is 110 Å². The molecule has 1 aliphatic heterocycles. The van der Waals surface area contributed by atoms with Crippen LogP contribution in [0.5, 0.6) is 0 Å². The second kappa shape index (κ2) is 5.45. The van der Waals surface area contributed by atoms with E-state index < -0.39 is 0 Å². The molecule has 2 rings (SSSR count). The van der Waals surface area contributed by atoms with Crippen molar-refractivity contribution in [2.45, 2.75) is 38.0 Å². The van der Waals surface area contributed by atoms with Gasteiger partial charge in [-0.05, 0) is 25.8 Å². The molecule has 1 aromatic rings. The van der Waals surface area contributed by atoms with E-state index in [1.165, 1.54) is 30.8 Å². The highest BCUT2D eigenvalue weighted by atomic mass is 32.2. The van der Waals surface area contributed by atoms with Crippen LogP contribution in [0.4, 0.5) is 0 Å². The van der Waals surface area contributed by atoms with E-state index in [0.29, 0.717) is 10.8 Å². The van der Waals surface area contributed by atoms with E-state index in [1.807, 2.05) is 0 Å². The Bertz CT molecular complexity index is 347. The van der Waals surface area contributed by atoms with Crippen molar-refractivity contribution in [3.8, 4) is 0 Å². The van der Waals surface area contributed by atoms with E-state index in [9.17, 15) is 0 Å². The summed E-state index contributed by atoms with van der Waals surface area (Å²) in [5.74, 6) is 1.26. The van der Waals surface area contributed by atoms with Crippen molar-refractivity contribution in [3.63, 3.8) is 0 Å². The lowest BCUT2D eigenvalue weighted by molar-refractivity contribution is 0.183. The smallest absolute Gasteiger partial charge is 0.0346 e. The summed E-state index contributed by atoms with van der Waals surface area (Å²) in [6, 6.07) is 11.5. The van der Waals surface area contributed by atoms with Gasteiger partial charge in [-0.3, -0.25) is 4.90 Å². The van der Waals surface area contributed by atoms with Crippen LogP contribution in [0.3, 0.4) is 0 Å². The van der Waals surface area contributed by atoms with Gasteiger partial charge in [-0.15, -0.1) is 0 Å². The van der Waals surface area contributed by atoms with Crippen molar-refractivity contribution in [1.82, 2.24) is 4.90 Å². The molecule has 1 saturated heterocycles. The monoisotopic (exact) mass is 249 g/mol. The van der Waals surface area contributed by atoms with Gasteiger partial charge in [0.25, 0.3) is 0 Å². The first kappa shape index (κ1) is 13.0. The summed E-state index contributed by atoms with van der Waals surface area (Å²) in [5.41, 5.74) is 1.47. The molecule has 0 radical (unpaired) electrons. The minimum absolute atomic E-state index is 0.403. The zero-order valence-electron chi connectivity index (χ0n) is 11.1. The molecule has 1 heterocycles. The maximum Gasteiger partial charge on any atom is 0.0346 e. The van der Waals surface area contributed by atoms with Gasteiger partial charge >= 0.3 is 0 Å². The topological polar surface area (TPSA) is 3.24 Å². The Morgan fingerprint density at radius 1 is 1.29 bits per heavy atom. The third-order valence-corrected chi connectivity index (χ3v) is 4.76. The van der Waals surface area contributed by atoms with E-state index in [2.05, 4.69) is 67.8 Å². The standard InChI is InChI=1S/C15H23NS/c1-4-14(13-8-6-5-7-9-13)16-10-11-17-15(2,3)12-16/h5-9,14H,4,10-12H2,1-3H3. The normalized spacial score (nSPS) is 22.3. The Kier molecular flexibility index (Phi) is 4.16. The average molecular weight is 249 g/mol. The summed E-state index contributed by atoms with van der Waals surface area (Å²) >= 11 is 2.11. The van der Waals surface area contributed by atoms with Crippen LogP contribution in [0.15, 0.2) is 30.3 Å². The molecular formula is C15H23NS. The fourth-order valence-corrected chi connectivity index (χ4v) is 3.83. The number of hydrogen-bond donors (Lipinski definition) is 0. The Balaban J connectivity index is 2.13. The largest absolute Gasteiger partial charge is 0.294 e. The van der Waals surface area contributed by atoms with E-state index >= 15 is 0 Å². The summed E-state index contributed by atoms with van der Waals surface area (Å²) in [4.78, 5) is 2.66. The lowest BCUT2D eigenvalue weighted by atomic mass is 10.0. The number of hydrogen-bond acceptors (Lipinski definition) is 2. The maximum absolute atomic E-state index is 2.66. The van der Waals surface area contributed by atoms with Crippen LogP contribution in [0.1, 0.15) is 38.8 Å². The first-order valence-corrected chi connectivity index (χ1v) is 7.54. The van der Waals surface area contributed by atoms with Crippen molar-refractivity contribution in [1.29, 1.82) is 0 Å². The summed E-state index contributed by atoms with van der Waals surface area (Å²) < 4.78 is 0.403. The minimum atomic E-state index is 0.403. The lowest BCUT2D eigenvalue weighted by Crippen LogP contribution is -2.44. The van der Waals surface area contributed by atoms with Gasteiger partial charge in [0.05, 0.1) is 0 Å². The van der Waals surface area contributed by atoms with Gasteiger partial charge in [-0.2, -0.15) is 11.8 Å². The highest BCUT2D eigenvalue weighted by Crippen LogP contribution is 2.35. The molecular weight excluding hydrogens is 226 g/mol. The quantitative estimate of drug-likeness (QED) is 0.797. The Morgan fingerprint density at radius 3 is 2.59 bits per heavy atom. The van der Waals surface area contributed by atoms with Crippen LogP contribution in [-0.2, 0) is 0 Å². The van der Waals surface area contributed by atoms with Gasteiger partial charge < -0.3 is 0 Å². The van der Waals surface area contributed by atoms with Gasteiger partial charge in [0, 0.05) is 29.6 Å². The molecule has 2 heteroatoms. The second-order valence-corrected chi connectivity index (χ2v) is 7.22. The molecule has 0 saturated carbocycles. The predicted molar refractivity (Wildman–Crippen MR) is 77.6 cm³/mol. The third kappa shape index (κ3) is 3.26. The SMILES string of the molecule is CCC(c1ccccc1)N1CCSC(C)(C)C1. The molecule has 1 unspecified atom stereocenters. The van der Waals surface area contributed by atoms with Crippen molar-refractivity contribution in [3.05, 3.63) is 35.9 Å². The number of thioether (sulfide) groups is 1. The minimum Gasteiger partial charge on any atom is -0.294 e. The summed E-state index contributed by atoms with van der Waals surface area (Å²) in [5, 5.41) is 0. The Morgan fingerprint density at radius 2 is 2.00 bits per heavy atom. The molecule has 1 aliphatic rings. The Hall–Kier alpha value is -0.470. The van der Waals surface area contributed by atoms with Gasteiger partial charge in [-0.1, -0.05) is 37.3 Å². The molecule has 1 nitrogen and oxygen atoms in total. The van der Waals surface area contributed by atoms with Crippen molar-refractivity contribution >= 4 is 11.8 Å². The first-order valence-electron chi connectivity index (χ1n) is 6.55. The molecule has 1 aromatic carbocycles. The van der Waals surface area contributed by atoms with Crippen LogP contribution in [-0.4, -0.2) is 28.5 Å². The van der Waals surface area contributed by atoms with Crippen molar-refractivity contribution in [2.24, 2.45) is 0 Å². The first-order chi connectivity index (χ1) is 8.12. The fraction of sp³-hybridized carbons (Fsp3) is 0.600. The zero-order chi connectivity index (χ0) is 12.3. The molecule has 0 aliphatic carbocycles. The van der Waals surface area contributed by atoms with Gasteiger partial charge in [0.1, 0.15) is 0 Å². The van der Waals surface area contributed by atoms with Crippen molar-refractivity contribution in [2.75, 3.05) is 18.8 Å². The van der Waals surface area contributed by atoms with E-state index in [4.69, 9.17) is 0 Å². The molecule has 0 amide bonds. The molecule has 94 valence electrons. The summed E-state index contributed by atoms with van der Waals surface area (Å²) in [7, 11) is 0. The molecule has 0 spiro atoms. The predicted octanol–water partition coefficient (Wildman–Crippen LogP) is 3.97. The maximum atomic E-state index is 2.66. The van der Waals surface area contributed by atoms with Crippen LogP contribution in [0.2, 0.25) is 0 Å². The zero-order valence-corrected chi connectivity index (χ0v) is 12.0. The van der Waals surface area contributed by atoms with E-state index in [1.54, 1.807) is 0 Å². The second-order valence-electron chi connectivity index (χ2n) is 5.41. The highest BCUT2D eigenvalue weighted by molar-refractivity contribution is 8.00. The molecule has 17 heavy (non-hydrogen) atoms. The van der Waals surface area contributed by atoms with Gasteiger partial charge in [-0.25, -0.2) is 0 Å². The highest BCUT2D eigenvalue weighted by Gasteiger charge is 2.30. The van der Waals surface area contributed by atoms with Gasteiger partial charge in [0.15, 0.2) is 0 Å². The number of benzene rings is 1. The molecule has 1 fully saturated rings. The summed E-state index contributed by atoms with van der Waals surface area (Å²) in [6.45, 7) is 9.45. The molecule has 0 bridgehead atoms. The lowest BCUT2D eigenvalue weighted by Gasteiger charge is -2.41. The molecule has 0 aromatic heterocycles. The third-order valence-electron chi connectivity index (χ3n) is 3.47. The van der Waals surface area contributed by atoms with Crippen molar-refractivity contribution < 1.29 is 0 Å². The molecule has 0 N–H and O–H groups in total. The molecule has 1 atom stereocenters. The van der Waals surface area contributed by atoms with E-state index in [-0.39, 0.29) is 0 Å².